The van der Waals surface area contributed by atoms with E-state index in [2.05, 4.69) is 19.6 Å². The van der Waals surface area contributed by atoms with Gasteiger partial charge in [0.25, 0.3) is 0 Å². The van der Waals surface area contributed by atoms with E-state index in [-0.39, 0.29) is 5.82 Å². The summed E-state index contributed by atoms with van der Waals surface area (Å²) in [7, 11) is -2.02. The molecule has 0 bridgehead atoms. The SMILES string of the molecule is CNS(=O)(=O)c1ccccc1CCN1CCC(c2nc3ccc(F)cc3[nH]2)CC1. The molecule has 8 heteroatoms. The zero-order chi connectivity index (χ0) is 20.4. The number of hydrogen-bond acceptors (Lipinski definition) is 4. The van der Waals surface area contributed by atoms with E-state index in [1.807, 2.05) is 12.1 Å². The highest BCUT2D eigenvalue weighted by atomic mass is 32.2. The van der Waals surface area contributed by atoms with Gasteiger partial charge in [0.05, 0.1) is 15.9 Å². The van der Waals surface area contributed by atoms with Gasteiger partial charge < -0.3 is 9.88 Å². The molecule has 154 valence electrons. The summed E-state index contributed by atoms with van der Waals surface area (Å²) >= 11 is 0. The Bertz CT molecular complexity index is 1100. The molecule has 1 aliphatic rings. The average Bonchev–Trinajstić information content (AvgIpc) is 3.16. The van der Waals surface area contributed by atoms with Gasteiger partial charge >= 0.3 is 0 Å². The number of hydrogen-bond donors (Lipinski definition) is 2. The number of fused-ring (bicyclic) bond motifs is 1. The smallest absolute Gasteiger partial charge is 0.240 e. The molecule has 1 aliphatic heterocycles. The van der Waals surface area contributed by atoms with Crippen molar-refractivity contribution in [2.75, 3.05) is 26.7 Å². The number of likely N-dealkylation sites (tertiary alicyclic amines) is 1. The number of sulfonamides is 1. The van der Waals surface area contributed by atoms with Crippen molar-refractivity contribution < 1.29 is 12.8 Å². The highest BCUT2D eigenvalue weighted by Gasteiger charge is 2.24. The third-order valence-corrected chi connectivity index (χ3v) is 7.18. The maximum atomic E-state index is 13.4. The lowest BCUT2D eigenvalue weighted by Gasteiger charge is -2.31. The van der Waals surface area contributed by atoms with Crippen LogP contribution in [0.3, 0.4) is 0 Å². The van der Waals surface area contributed by atoms with E-state index < -0.39 is 10.0 Å². The largest absolute Gasteiger partial charge is 0.342 e. The Balaban J connectivity index is 1.37. The van der Waals surface area contributed by atoms with Crippen LogP contribution >= 0.6 is 0 Å². The van der Waals surface area contributed by atoms with E-state index in [1.54, 1.807) is 18.2 Å². The summed E-state index contributed by atoms with van der Waals surface area (Å²) in [5.41, 5.74) is 2.37. The molecule has 1 aromatic heterocycles. The van der Waals surface area contributed by atoms with Crippen LogP contribution in [-0.4, -0.2) is 50.0 Å². The molecule has 0 spiro atoms. The van der Waals surface area contributed by atoms with Crippen LogP contribution in [0.15, 0.2) is 47.4 Å². The molecule has 0 unspecified atom stereocenters. The summed E-state index contributed by atoms with van der Waals surface area (Å²) in [5.74, 6) is 0.998. The maximum absolute atomic E-state index is 13.4. The molecule has 3 aromatic rings. The van der Waals surface area contributed by atoms with Crippen LogP contribution in [-0.2, 0) is 16.4 Å². The van der Waals surface area contributed by atoms with Gasteiger partial charge in [-0.15, -0.1) is 0 Å². The zero-order valence-electron chi connectivity index (χ0n) is 16.4. The van der Waals surface area contributed by atoms with Crippen molar-refractivity contribution in [1.29, 1.82) is 0 Å². The average molecular weight is 417 g/mol. The first-order valence-corrected chi connectivity index (χ1v) is 11.3. The van der Waals surface area contributed by atoms with E-state index in [1.165, 1.54) is 19.2 Å². The normalized spacial score (nSPS) is 16.5. The number of aromatic amines is 1. The summed E-state index contributed by atoms with van der Waals surface area (Å²) in [4.78, 5) is 10.6. The summed E-state index contributed by atoms with van der Waals surface area (Å²) < 4.78 is 40.2. The van der Waals surface area contributed by atoms with Crippen LogP contribution in [0.4, 0.5) is 4.39 Å². The maximum Gasteiger partial charge on any atom is 0.240 e. The van der Waals surface area contributed by atoms with Gasteiger partial charge in [0.2, 0.25) is 10.0 Å². The van der Waals surface area contributed by atoms with Gasteiger partial charge in [-0.3, -0.25) is 0 Å². The van der Waals surface area contributed by atoms with Gasteiger partial charge in [0, 0.05) is 12.5 Å². The summed E-state index contributed by atoms with van der Waals surface area (Å²) in [6.07, 6.45) is 2.63. The van der Waals surface area contributed by atoms with Crippen molar-refractivity contribution in [3.63, 3.8) is 0 Å². The van der Waals surface area contributed by atoms with Crippen molar-refractivity contribution in [3.8, 4) is 0 Å². The minimum absolute atomic E-state index is 0.261. The first-order valence-electron chi connectivity index (χ1n) is 9.85. The van der Waals surface area contributed by atoms with E-state index >= 15 is 0 Å². The fourth-order valence-electron chi connectivity index (χ4n) is 3.99. The van der Waals surface area contributed by atoms with Crippen LogP contribution in [0, 0.1) is 5.82 Å². The van der Waals surface area contributed by atoms with Gasteiger partial charge in [-0.2, -0.15) is 0 Å². The number of aromatic nitrogens is 2. The number of benzene rings is 2. The van der Waals surface area contributed by atoms with E-state index in [0.29, 0.717) is 17.2 Å². The molecule has 1 fully saturated rings. The second-order valence-corrected chi connectivity index (χ2v) is 9.32. The van der Waals surface area contributed by atoms with E-state index in [0.717, 1.165) is 54.9 Å². The van der Waals surface area contributed by atoms with Gasteiger partial charge in [0.1, 0.15) is 11.6 Å². The second kappa shape index (κ2) is 8.22. The zero-order valence-corrected chi connectivity index (χ0v) is 17.2. The van der Waals surface area contributed by atoms with E-state index in [9.17, 15) is 12.8 Å². The Hall–Kier alpha value is -2.29. The lowest BCUT2D eigenvalue weighted by molar-refractivity contribution is 0.211. The molecule has 0 atom stereocenters. The van der Waals surface area contributed by atoms with Crippen molar-refractivity contribution in [3.05, 3.63) is 59.7 Å². The monoisotopic (exact) mass is 416 g/mol. The fourth-order valence-corrected chi connectivity index (χ4v) is 4.98. The Morgan fingerprint density at radius 3 is 2.72 bits per heavy atom. The Kier molecular flexibility index (Phi) is 5.67. The van der Waals surface area contributed by atoms with Crippen molar-refractivity contribution in [2.45, 2.75) is 30.1 Å². The highest BCUT2D eigenvalue weighted by Crippen LogP contribution is 2.28. The minimum atomic E-state index is -3.45. The first-order chi connectivity index (χ1) is 14.0. The van der Waals surface area contributed by atoms with Gasteiger partial charge in [-0.1, -0.05) is 18.2 Å². The van der Waals surface area contributed by atoms with Crippen LogP contribution in [0.5, 0.6) is 0 Å². The lowest BCUT2D eigenvalue weighted by atomic mass is 9.96. The quantitative estimate of drug-likeness (QED) is 0.648. The molecular weight excluding hydrogens is 391 g/mol. The molecule has 6 nitrogen and oxygen atoms in total. The Labute approximate surface area is 170 Å². The predicted molar refractivity (Wildman–Crippen MR) is 111 cm³/mol. The third-order valence-electron chi connectivity index (χ3n) is 5.66. The summed E-state index contributed by atoms with van der Waals surface area (Å²) in [6.45, 7) is 2.67. The van der Waals surface area contributed by atoms with Crippen molar-refractivity contribution in [2.24, 2.45) is 0 Å². The van der Waals surface area contributed by atoms with Gasteiger partial charge in [0.15, 0.2) is 0 Å². The predicted octanol–water partition coefficient (Wildman–Crippen LogP) is 3.03. The minimum Gasteiger partial charge on any atom is -0.342 e. The van der Waals surface area contributed by atoms with Crippen molar-refractivity contribution >= 4 is 21.1 Å². The van der Waals surface area contributed by atoms with Gasteiger partial charge in [-0.25, -0.2) is 22.5 Å². The summed E-state index contributed by atoms with van der Waals surface area (Å²) in [6, 6.07) is 11.8. The standard InChI is InChI=1S/C21H25FN4O2S/c1-23-29(27,28)20-5-3-2-4-15(20)8-11-26-12-9-16(10-13-26)21-24-18-7-6-17(22)14-19(18)25-21/h2-7,14,16,23H,8-13H2,1H3,(H,24,25). The lowest BCUT2D eigenvalue weighted by Crippen LogP contribution is -2.35. The molecule has 0 radical (unpaired) electrons. The number of halogens is 1. The molecule has 0 aliphatic carbocycles. The third kappa shape index (κ3) is 4.34. The van der Waals surface area contributed by atoms with Gasteiger partial charge in [-0.05, 0) is 69.2 Å². The van der Waals surface area contributed by atoms with Crippen LogP contribution in [0.1, 0.15) is 30.1 Å². The molecule has 1 saturated heterocycles. The number of rotatable bonds is 6. The van der Waals surface area contributed by atoms with Crippen LogP contribution < -0.4 is 4.72 Å². The number of piperidine rings is 1. The summed E-state index contributed by atoms with van der Waals surface area (Å²) in [5, 5.41) is 0. The number of imidazole rings is 1. The first kappa shape index (κ1) is 20.0. The van der Waals surface area contributed by atoms with Crippen molar-refractivity contribution in [1.82, 2.24) is 19.6 Å². The molecule has 2 aromatic carbocycles. The molecule has 2 N–H and O–H groups in total. The Morgan fingerprint density at radius 2 is 1.97 bits per heavy atom. The number of H-pyrrole nitrogens is 1. The topological polar surface area (TPSA) is 78.1 Å². The van der Waals surface area contributed by atoms with Crippen LogP contribution in [0.25, 0.3) is 11.0 Å². The molecule has 29 heavy (non-hydrogen) atoms. The molecule has 0 amide bonds. The van der Waals surface area contributed by atoms with Crippen LogP contribution in [0.2, 0.25) is 0 Å². The fraction of sp³-hybridized carbons (Fsp3) is 0.381. The number of nitrogens with zero attached hydrogens (tertiary/aromatic N) is 2. The molecule has 2 heterocycles. The number of nitrogens with one attached hydrogen (secondary N) is 2. The van der Waals surface area contributed by atoms with E-state index in [4.69, 9.17) is 0 Å². The Morgan fingerprint density at radius 1 is 1.21 bits per heavy atom. The molecular formula is C21H25FN4O2S. The molecule has 4 rings (SSSR count). The second-order valence-electron chi connectivity index (χ2n) is 7.46. The molecule has 0 saturated carbocycles. The highest BCUT2D eigenvalue weighted by molar-refractivity contribution is 7.89.